The topological polar surface area (TPSA) is 87.4 Å². The SMILES string of the molecule is Cn1cc(C#N)cc1C(=O)NC1CCN([C@H]2CCOC2=O)CC1. The van der Waals surface area contributed by atoms with E-state index in [0.29, 0.717) is 17.9 Å². The molecular weight excluding hydrogens is 296 g/mol. The molecule has 2 aliphatic heterocycles. The third-order valence-corrected chi connectivity index (χ3v) is 4.58. The molecule has 2 aliphatic rings. The van der Waals surface area contributed by atoms with Gasteiger partial charge < -0.3 is 14.6 Å². The van der Waals surface area contributed by atoms with Crippen molar-refractivity contribution < 1.29 is 14.3 Å². The zero-order valence-corrected chi connectivity index (χ0v) is 13.1. The minimum Gasteiger partial charge on any atom is -0.464 e. The zero-order valence-electron chi connectivity index (χ0n) is 13.1. The standard InChI is InChI=1S/C16H20N4O3/c1-19-10-11(9-17)8-14(19)15(21)18-12-2-5-20(6-3-12)13-4-7-23-16(13)22/h8,10,12-13H,2-7H2,1H3,(H,18,21)/t13-/m0/s1. The summed E-state index contributed by atoms with van der Waals surface area (Å²) in [6.07, 6.45) is 4.02. The lowest BCUT2D eigenvalue weighted by atomic mass is 10.0. The number of hydrogen-bond donors (Lipinski definition) is 1. The Morgan fingerprint density at radius 1 is 1.39 bits per heavy atom. The molecule has 23 heavy (non-hydrogen) atoms. The first-order valence-corrected chi connectivity index (χ1v) is 7.86. The van der Waals surface area contributed by atoms with Crippen LogP contribution in [0.2, 0.25) is 0 Å². The van der Waals surface area contributed by atoms with Crippen molar-refractivity contribution in [3.05, 3.63) is 23.5 Å². The maximum atomic E-state index is 12.3. The molecule has 2 saturated heterocycles. The van der Waals surface area contributed by atoms with Crippen molar-refractivity contribution in [1.29, 1.82) is 5.26 Å². The third-order valence-electron chi connectivity index (χ3n) is 4.58. The van der Waals surface area contributed by atoms with Crippen LogP contribution in [0.1, 0.15) is 35.3 Å². The summed E-state index contributed by atoms with van der Waals surface area (Å²) in [5.41, 5.74) is 0.968. The van der Waals surface area contributed by atoms with E-state index in [2.05, 4.69) is 10.2 Å². The molecule has 1 amide bonds. The fourth-order valence-corrected chi connectivity index (χ4v) is 3.28. The van der Waals surface area contributed by atoms with Gasteiger partial charge in [0.1, 0.15) is 17.8 Å². The molecule has 0 aliphatic carbocycles. The number of nitrogens with zero attached hydrogens (tertiary/aromatic N) is 3. The lowest BCUT2D eigenvalue weighted by Crippen LogP contribution is -2.49. The molecule has 1 aromatic heterocycles. The molecule has 0 aromatic carbocycles. The number of carbonyl (C=O) groups is 2. The van der Waals surface area contributed by atoms with E-state index in [9.17, 15) is 9.59 Å². The van der Waals surface area contributed by atoms with Gasteiger partial charge in [0, 0.05) is 38.8 Å². The summed E-state index contributed by atoms with van der Waals surface area (Å²) < 4.78 is 6.68. The van der Waals surface area contributed by atoms with Crippen molar-refractivity contribution in [2.75, 3.05) is 19.7 Å². The van der Waals surface area contributed by atoms with E-state index in [4.69, 9.17) is 10.00 Å². The Morgan fingerprint density at radius 3 is 2.70 bits per heavy atom. The van der Waals surface area contributed by atoms with Crippen LogP contribution < -0.4 is 5.32 Å². The Labute approximate surface area is 134 Å². The van der Waals surface area contributed by atoms with Crippen LogP contribution in [-0.2, 0) is 16.6 Å². The molecule has 3 rings (SSSR count). The summed E-state index contributed by atoms with van der Waals surface area (Å²) in [6.45, 7) is 2.07. The van der Waals surface area contributed by atoms with Gasteiger partial charge in [-0.15, -0.1) is 0 Å². The number of carbonyl (C=O) groups excluding carboxylic acids is 2. The third kappa shape index (κ3) is 3.22. The van der Waals surface area contributed by atoms with Gasteiger partial charge in [-0.05, 0) is 18.9 Å². The van der Waals surface area contributed by atoms with E-state index < -0.39 is 0 Å². The fourth-order valence-electron chi connectivity index (χ4n) is 3.28. The molecule has 1 N–H and O–H groups in total. The number of likely N-dealkylation sites (tertiary alicyclic amines) is 1. The summed E-state index contributed by atoms with van der Waals surface area (Å²) in [7, 11) is 1.75. The predicted molar refractivity (Wildman–Crippen MR) is 81.6 cm³/mol. The highest BCUT2D eigenvalue weighted by Gasteiger charge is 2.34. The Morgan fingerprint density at radius 2 is 2.13 bits per heavy atom. The van der Waals surface area contributed by atoms with Crippen LogP contribution in [0.25, 0.3) is 0 Å². The second-order valence-electron chi connectivity index (χ2n) is 6.09. The summed E-state index contributed by atoms with van der Waals surface area (Å²) in [4.78, 5) is 26.1. The van der Waals surface area contributed by atoms with Crippen LogP contribution in [0, 0.1) is 11.3 Å². The Hall–Kier alpha value is -2.33. The van der Waals surface area contributed by atoms with Gasteiger partial charge in [0.25, 0.3) is 5.91 Å². The smallest absolute Gasteiger partial charge is 0.323 e. The van der Waals surface area contributed by atoms with Crippen LogP contribution in [-0.4, -0.2) is 53.1 Å². The number of cyclic esters (lactones) is 1. The second-order valence-corrected chi connectivity index (χ2v) is 6.09. The van der Waals surface area contributed by atoms with E-state index in [1.165, 1.54) is 0 Å². The van der Waals surface area contributed by atoms with Crippen molar-refractivity contribution >= 4 is 11.9 Å². The highest BCUT2D eigenvalue weighted by molar-refractivity contribution is 5.93. The average Bonchev–Trinajstić information content (AvgIpc) is 3.14. The monoisotopic (exact) mass is 316 g/mol. The van der Waals surface area contributed by atoms with Crippen molar-refractivity contribution in [1.82, 2.24) is 14.8 Å². The molecule has 0 bridgehead atoms. The number of amides is 1. The summed E-state index contributed by atoms with van der Waals surface area (Å²) >= 11 is 0. The van der Waals surface area contributed by atoms with Gasteiger partial charge in [-0.3, -0.25) is 14.5 Å². The maximum absolute atomic E-state index is 12.3. The Kier molecular flexibility index (Phi) is 4.35. The minimum absolute atomic E-state index is 0.0941. The number of esters is 1. The summed E-state index contributed by atoms with van der Waals surface area (Å²) in [6, 6.07) is 3.61. The van der Waals surface area contributed by atoms with E-state index in [1.807, 2.05) is 6.07 Å². The van der Waals surface area contributed by atoms with Gasteiger partial charge in [0.05, 0.1) is 12.2 Å². The van der Waals surface area contributed by atoms with Crippen LogP contribution in [0.15, 0.2) is 12.3 Å². The largest absolute Gasteiger partial charge is 0.464 e. The lowest BCUT2D eigenvalue weighted by Gasteiger charge is -2.34. The number of nitrogens with one attached hydrogen (secondary N) is 1. The molecule has 0 radical (unpaired) electrons. The molecule has 122 valence electrons. The molecule has 7 nitrogen and oxygen atoms in total. The summed E-state index contributed by atoms with van der Waals surface area (Å²) in [5, 5.41) is 11.9. The number of piperidine rings is 1. The van der Waals surface area contributed by atoms with Crippen LogP contribution in [0.5, 0.6) is 0 Å². The van der Waals surface area contributed by atoms with E-state index in [1.54, 1.807) is 23.9 Å². The Bertz CT molecular complexity index is 653. The fraction of sp³-hybridized carbons (Fsp3) is 0.562. The van der Waals surface area contributed by atoms with E-state index in [-0.39, 0.29) is 24.0 Å². The zero-order chi connectivity index (χ0) is 16.4. The summed E-state index contributed by atoms with van der Waals surface area (Å²) in [5.74, 6) is -0.284. The minimum atomic E-state index is -0.160. The van der Waals surface area contributed by atoms with Gasteiger partial charge in [-0.1, -0.05) is 0 Å². The van der Waals surface area contributed by atoms with Gasteiger partial charge in [0.2, 0.25) is 0 Å². The van der Waals surface area contributed by atoms with Crippen molar-refractivity contribution in [3.63, 3.8) is 0 Å². The predicted octanol–water partition coefficient (Wildman–Crippen LogP) is 0.406. The molecule has 0 unspecified atom stereocenters. The van der Waals surface area contributed by atoms with Crippen molar-refractivity contribution in [2.24, 2.45) is 7.05 Å². The number of rotatable bonds is 3. The number of hydrogen-bond acceptors (Lipinski definition) is 5. The van der Waals surface area contributed by atoms with Gasteiger partial charge in [-0.25, -0.2) is 0 Å². The highest BCUT2D eigenvalue weighted by Crippen LogP contribution is 2.20. The Balaban J connectivity index is 1.54. The molecule has 7 heteroatoms. The molecule has 3 heterocycles. The van der Waals surface area contributed by atoms with Gasteiger partial charge >= 0.3 is 5.97 Å². The highest BCUT2D eigenvalue weighted by atomic mass is 16.5. The van der Waals surface area contributed by atoms with E-state index >= 15 is 0 Å². The molecule has 0 saturated carbocycles. The lowest BCUT2D eigenvalue weighted by molar-refractivity contribution is -0.142. The molecular formula is C16H20N4O3. The van der Waals surface area contributed by atoms with E-state index in [0.717, 1.165) is 32.4 Å². The number of ether oxygens (including phenoxy) is 1. The quantitative estimate of drug-likeness (QED) is 0.816. The first-order chi connectivity index (χ1) is 11.1. The maximum Gasteiger partial charge on any atom is 0.323 e. The molecule has 2 fully saturated rings. The van der Waals surface area contributed by atoms with Gasteiger partial charge in [0.15, 0.2) is 0 Å². The number of aryl methyl sites for hydroxylation is 1. The molecule has 1 atom stereocenters. The average molecular weight is 316 g/mol. The van der Waals surface area contributed by atoms with Crippen LogP contribution in [0.4, 0.5) is 0 Å². The first kappa shape index (κ1) is 15.6. The second kappa shape index (κ2) is 6.42. The normalized spacial score (nSPS) is 22.6. The van der Waals surface area contributed by atoms with Crippen molar-refractivity contribution in [3.8, 4) is 6.07 Å². The van der Waals surface area contributed by atoms with Gasteiger partial charge in [-0.2, -0.15) is 5.26 Å². The number of aromatic nitrogens is 1. The van der Waals surface area contributed by atoms with Crippen LogP contribution >= 0.6 is 0 Å². The molecule has 0 spiro atoms. The van der Waals surface area contributed by atoms with Crippen molar-refractivity contribution in [2.45, 2.75) is 31.3 Å². The first-order valence-electron chi connectivity index (χ1n) is 7.86. The van der Waals surface area contributed by atoms with Crippen LogP contribution in [0.3, 0.4) is 0 Å². The number of nitriles is 1. The molecule has 1 aromatic rings.